The van der Waals surface area contributed by atoms with Crippen LogP contribution in [0.2, 0.25) is 0 Å². The first-order valence-electron chi connectivity index (χ1n) is 11.2. The third-order valence-corrected chi connectivity index (χ3v) is 9.47. The van der Waals surface area contributed by atoms with Crippen LogP contribution >= 0.6 is 0 Å². The second-order valence-corrected chi connectivity index (χ2v) is 11.9. The molecule has 0 aromatic rings. The molecule has 7 heteroatoms. The highest BCUT2D eigenvalue weighted by atomic mass is 32.2. The number of hydrogen-bond donors (Lipinski definition) is 1. The van der Waals surface area contributed by atoms with Crippen molar-refractivity contribution in [3.63, 3.8) is 0 Å². The highest BCUT2D eigenvalue weighted by Gasteiger charge is 2.46. The van der Waals surface area contributed by atoms with Crippen molar-refractivity contribution in [1.29, 1.82) is 0 Å². The Morgan fingerprint density at radius 1 is 1.18 bits per heavy atom. The van der Waals surface area contributed by atoms with Gasteiger partial charge in [-0.15, -0.1) is 0 Å². The Balaban J connectivity index is 1.27. The molecule has 4 heterocycles. The van der Waals surface area contributed by atoms with Gasteiger partial charge in [-0.25, -0.2) is 8.42 Å². The zero-order chi connectivity index (χ0) is 19.3. The second kappa shape index (κ2) is 7.40. The number of sulfone groups is 1. The summed E-state index contributed by atoms with van der Waals surface area (Å²) in [4.78, 5) is 17.8. The van der Waals surface area contributed by atoms with Gasteiger partial charge in [0.15, 0.2) is 9.84 Å². The third kappa shape index (κ3) is 3.65. The summed E-state index contributed by atoms with van der Waals surface area (Å²) >= 11 is 0. The van der Waals surface area contributed by atoms with Gasteiger partial charge in [0.25, 0.3) is 0 Å². The molecular formula is C21H33N3O3S. The van der Waals surface area contributed by atoms with Crippen LogP contribution in [0.25, 0.3) is 0 Å². The van der Waals surface area contributed by atoms with Gasteiger partial charge in [-0.3, -0.25) is 14.6 Å². The van der Waals surface area contributed by atoms with Crippen LogP contribution in [0.3, 0.4) is 0 Å². The predicted molar refractivity (Wildman–Crippen MR) is 109 cm³/mol. The predicted octanol–water partition coefficient (Wildman–Crippen LogP) is 1.18. The highest BCUT2D eigenvalue weighted by Crippen LogP contribution is 2.44. The van der Waals surface area contributed by atoms with E-state index in [0.29, 0.717) is 30.8 Å². The first-order chi connectivity index (χ1) is 13.5. The molecular weight excluding hydrogens is 374 g/mol. The number of likely N-dealkylation sites (tertiary alicyclic amines) is 1. The number of rotatable bonds is 3. The molecule has 28 heavy (non-hydrogen) atoms. The molecule has 4 aliphatic heterocycles. The third-order valence-electron chi connectivity index (χ3n) is 7.71. The Labute approximate surface area is 168 Å². The topological polar surface area (TPSA) is 69.7 Å². The molecule has 1 aliphatic carbocycles. The number of carbonyl (C=O) groups is 1. The van der Waals surface area contributed by atoms with Gasteiger partial charge in [-0.2, -0.15) is 0 Å². The number of piperidine rings is 3. The lowest BCUT2D eigenvalue weighted by Gasteiger charge is -2.54. The summed E-state index contributed by atoms with van der Waals surface area (Å²) in [6.07, 6.45) is 10.8. The summed E-state index contributed by atoms with van der Waals surface area (Å²) in [5.74, 6) is 1.66. The lowest BCUT2D eigenvalue weighted by atomic mass is 9.68. The van der Waals surface area contributed by atoms with E-state index in [2.05, 4.69) is 21.2 Å². The summed E-state index contributed by atoms with van der Waals surface area (Å²) in [5, 5.41) is 2.99. The van der Waals surface area contributed by atoms with Gasteiger partial charge in [0.1, 0.15) is 0 Å². The van der Waals surface area contributed by atoms with Crippen molar-refractivity contribution < 1.29 is 13.2 Å². The Bertz CT molecular complexity index is 765. The fourth-order valence-corrected chi connectivity index (χ4v) is 8.30. The maximum atomic E-state index is 12.7. The number of carbonyl (C=O) groups excluding carboxylic acids is 1. The number of fused-ring (bicyclic) bond motifs is 6. The molecule has 0 spiro atoms. The van der Waals surface area contributed by atoms with Crippen LogP contribution in [-0.2, 0) is 14.6 Å². The van der Waals surface area contributed by atoms with E-state index in [1.165, 1.54) is 45.2 Å². The van der Waals surface area contributed by atoms with E-state index in [1.807, 2.05) is 0 Å². The van der Waals surface area contributed by atoms with E-state index in [4.69, 9.17) is 0 Å². The SMILES string of the molecule is O=C(CN1CCCC2=CC3CC(CN4CCCC[C@H]34)[C@@H]21)NC1CCS(=O)(=O)C1. The van der Waals surface area contributed by atoms with Crippen LogP contribution in [0.15, 0.2) is 11.6 Å². The average Bonchev–Trinajstić information content (AvgIpc) is 3.00. The number of amides is 1. The van der Waals surface area contributed by atoms with Crippen molar-refractivity contribution in [2.24, 2.45) is 11.8 Å². The molecule has 0 aromatic carbocycles. The summed E-state index contributed by atoms with van der Waals surface area (Å²) in [6.45, 7) is 3.80. The summed E-state index contributed by atoms with van der Waals surface area (Å²) in [6, 6.07) is 0.962. The maximum absolute atomic E-state index is 12.7. The fraction of sp³-hybridized carbons (Fsp3) is 0.857. The molecule has 5 rings (SSSR count). The van der Waals surface area contributed by atoms with Crippen LogP contribution < -0.4 is 5.32 Å². The number of nitrogens with zero attached hydrogens (tertiary/aromatic N) is 2. The molecule has 2 bridgehead atoms. The van der Waals surface area contributed by atoms with Crippen molar-refractivity contribution >= 4 is 15.7 Å². The Kier molecular flexibility index (Phi) is 5.04. The summed E-state index contributed by atoms with van der Waals surface area (Å²) < 4.78 is 23.3. The smallest absolute Gasteiger partial charge is 0.234 e. The Hall–Kier alpha value is -0.920. The quantitative estimate of drug-likeness (QED) is 0.712. The zero-order valence-corrected chi connectivity index (χ0v) is 17.5. The van der Waals surface area contributed by atoms with Crippen LogP contribution in [0.4, 0.5) is 0 Å². The lowest BCUT2D eigenvalue weighted by Crippen LogP contribution is -2.60. The van der Waals surface area contributed by atoms with Crippen molar-refractivity contribution in [2.75, 3.05) is 37.7 Å². The summed E-state index contributed by atoms with van der Waals surface area (Å²) in [5.41, 5.74) is 1.58. The highest BCUT2D eigenvalue weighted by molar-refractivity contribution is 7.91. The molecule has 5 aliphatic rings. The van der Waals surface area contributed by atoms with Gasteiger partial charge >= 0.3 is 0 Å². The van der Waals surface area contributed by atoms with Gasteiger partial charge in [0.05, 0.1) is 18.1 Å². The van der Waals surface area contributed by atoms with E-state index in [9.17, 15) is 13.2 Å². The maximum Gasteiger partial charge on any atom is 0.234 e. The van der Waals surface area contributed by atoms with Gasteiger partial charge < -0.3 is 5.32 Å². The molecule has 0 aromatic heterocycles. The van der Waals surface area contributed by atoms with E-state index in [-0.39, 0.29) is 23.5 Å². The first-order valence-corrected chi connectivity index (χ1v) is 13.0. The van der Waals surface area contributed by atoms with E-state index in [0.717, 1.165) is 19.0 Å². The van der Waals surface area contributed by atoms with E-state index >= 15 is 0 Å². The van der Waals surface area contributed by atoms with Crippen LogP contribution in [0.1, 0.15) is 44.9 Å². The van der Waals surface area contributed by atoms with Crippen molar-refractivity contribution in [3.05, 3.63) is 11.6 Å². The minimum Gasteiger partial charge on any atom is -0.351 e. The zero-order valence-electron chi connectivity index (χ0n) is 16.7. The Morgan fingerprint density at radius 2 is 2.07 bits per heavy atom. The van der Waals surface area contributed by atoms with Crippen molar-refractivity contribution in [1.82, 2.24) is 15.1 Å². The molecule has 0 saturated carbocycles. The number of hydrogen-bond acceptors (Lipinski definition) is 5. The van der Waals surface area contributed by atoms with Crippen LogP contribution in [0, 0.1) is 11.8 Å². The number of nitrogens with one attached hydrogen (secondary N) is 1. The van der Waals surface area contributed by atoms with Crippen molar-refractivity contribution in [2.45, 2.75) is 63.1 Å². The monoisotopic (exact) mass is 407 g/mol. The van der Waals surface area contributed by atoms with Crippen molar-refractivity contribution in [3.8, 4) is 0 Å². The molecule has 156 valence electrons. The molecule has 3 unspecified atom stereocenters. The minimum atomic E-state index is -2.96. The van der Waals surface area contributed by atoms with Gasteiger partial charge in [0, 0.05) is 24.7 Å². The molecule has 4 fully saturated rings. The second-order valence-electron chi connectivity index (χ2n) is 9.65. The van der Waals surface area contributed by atoms with Crippen LogP contribution in [0.5, 0.6) is 0 Å². The van der Waals surface area contributed by atoms with Gasteiger partial charge in [-0.1, -0.05) is 18.1 Å². The lowest BCUT2D eigenvalue weighted by molar-refractivity contribution is -0.124. The molecule has 4 saturated heterocycles. The molecule has 0 radical (unpaired) electrons. The average molecular weight is 408 g/mol. The first kappa shape index (κ1) is 19.1. The largest absolute Gasteiger partial charge is 0.351 e. The standard InChI is InChI=1S/C21H33N3O3S/c25-20(22-18-6-9-28(26,27)14-18)13-24-8-3-4-15-10-16-11-17(21(15)24)12-23-7-2-1-5-19(16)23/h10,16-19,21H,1-9,11-14H2,(H,22,25)/t16?,17?,18?,19-,21-/m1/s1. The van der Waals surface area contributed by atoms with E-state index < -0.39 is 9.84 Å². The Morgan fingerprint density at radius 3 is 2.89 bits per heavy atom. The summed E-state index contributed by atoms with van der Waals surface area (Å²) in [7, 11) is -2.96. The molecule has 5 atom stereocenters. The fourth-order valence-electron chi connectivity index (χ4n) is 6.63. The molecule has 1 N–H and O–H groups in total. The van der Waals surface area contributed by atoms with Gasteiger partial charge in [0.2, 0.25) is 5.91 Å². The molecule has 1 amide bonds. The normalized spacial score (nSPS) is 40.3. The van der Waals surface area contributed by atoms with E-state index in [1.54, 1.807) is 5.57 Å². The molecule has 6 nitrogen and oxygen atoms in total. The van der Waals surface area contributed by atoms with Gasteiger partial charge in [-0.05, 0) is 63.5 Å². The minimum absolute atomic E-state index is 0.00266. The van der Waals surface area contributed by atoms with Crippen LogP contribution in [-0.4, -0.2) is 79.9 Å².